The summed E-state index contributed by atoms with van der Waals surface area (Å²) in [6.45, 7) is 2.61. The number of alkyl carbamates (subject to hydrolysis) is 1. The number of nitrogens with one attached hydrogen (secondary N) is 4. The Morgan fingerprint density at radius 1 is 0.852 bits per heavy atom. The number of carbonyl (C=O) groups is 5. The number of fused-ring (bicyclic) bond motifs is 3. The van der Waals surface area contributed by atoms with Gasteiger partial charge in [-0.25, -0.2) is 22.8 Å². The second-order valence-electron chi connectivity index (χ2n) is 13.8. The fourth-order valence-electron chi connectivity index (χ4n) is 6.46. The van der Waals surface area contributed by atoms with E-state index >= 15 is 0 Å². The average molecular weight is 869 g/mol. The zero-order chi connectivity index (χ0) is 43.6. The van der Waals surface area contributed by atoms with Crippen LogP contribution in [0.15, 0.2) is 95.9 Å². The summed E-state index contributed by atoms with van der Waals surface area (Å²) in [5, 5.41) is 20.9. The minimum absolute atomic E-state index is 0. The largest absolute Gasteiger partial charge is 1.00 e. The van der Waals surface area contributed by atoms with E-state index in [4.69, 9.17) is 19.9 Å². The zero-order valence-corrected chi connectivity index (χ0v) is 36.1. The quantitative estimate of drug-likeness (QED) is 0.0192. The molecule has 5 rings (SSSR count). The predicted octanol–water partition coefficient (Wildman–Crippen LogP) is 1.65. The maximum Gasteiger partial charge on any atom is 1.00 e. The number of hydrogen-bond acceptors (Lipinski definition) is 13. The molecule has 316 valence electrons. The molecule has 0 heterocycles. The van der Waals surface area contributed by atoms with Crippen LogP contribution < -0.4 is 61.3 Å². The van der Waals surface area contributed by atoms with E-state index in [2.05, 4.69) is 21.3 Å². The summed E-state index contributed by atoms with van der Waals surface area (Å²) in [6, 6.07) is 19.9. The van der Waals surface area contributed by atoms with Crippen molar-refractivity contribution in [2.45, 2.75) is 56.2 Å². The fraction of sp³-hybridized carbons (Fsp3) is 0.275. The number of nitrogens with two attached hydrogens (primary N) is 1. The van der Waals surface area contributed by atoms with Gasteiger partial charge in [-0.1, -0.05) is 68.4 Å². The third-order valence-corrected chi connectivity index (χ3v) is 10.3. The minimum atomic E-state index is -5.22. The van der Waals surface area contributed by atoms with Crippen molar-refractivity contribution < 1.29 is 85.6 Å². The van der Waals surface area contributed by atoms with E-state index < -0.39 is 74.6 Å². The molecule has 0 aliphatic heterocycles. The number of primary amides is 1. The molecule has 0 bridgehead atoms. The van der Waals surface area contributed by atoms with E-state index in [0.29, 0.717) is 0 Å². The number of urea groups is 1. The van der Waals surface area contributed by atoms with Gasteiger partial charge in [-0.05, 0) is 65.3 Å². The van der Waals surface area contributed by atoms with Gasteiger partial charge in [0, 0.05) is 35.8 Å². The molecule has 0 spiro atoms. The van der Waals surface area contributed by atoms with Gasteiger partial charge in [-0.15, -0.1) is 0 Å². The minimum Gasteiger partial charge on any atom is -0.744 e. The molecule has 0 saturated heterocycles. The van der Waals surface area contributed by atoms with Crippen LogP contribution in [0.25, 0.3) is 11.1 Å². The van der Waals surface area contributed by atoms with Crippen molar-refractivity contribution >= 4 is 51.6 Å². The molecule has 0 aromatic heterocycles. The molecule has 0 unspecified atom stereocenters. The summed E-state index contributed by atoms with van der Waals surface area (Å²) >= 11 is 0. The Morgan fingerprint density at radius 2 is 1.48 bits per heavy atom. The Hall–Kier alpha value is -6.06. The number of nitro groups is 1. The molecule has 6 N–H and O–H groups in total. The van der Waals surface area contributed by atoms with Gasteiger partial charge >= 0.3 is 47.8 Å². The van der Waals surface area contributed by atoms with Crippen LogP contribution in [0.3, 0.4) is 0 Å². The number of amides is 5. The summed E-state index contributed by atoms with van der Waals surface area (Å²) in [7, 11) is -5.22. The van der Waals surface area contributed by atoms with E-state index in [1.807, 2.05) is 48.5 Å². The van der Waals surface area contributed by atoms with Gasteiger partial charge in [0.25, 0.3) is 5.69 Å². The molecule has 5 amide bonds. The van der Waals surface area contributed by atoms with Gasteiger partial charge in [-0.2, -0.15) is 0 Å². The first-order valence-corrected chi connectivity index (χ1v) is 19.9. The van der Waals surface area contributed by atoms with Gasteiger partial charge in [0.2, 0.25) is 11.8 Å². The summed E-state index contributed by atoms with van der Waals surface area (Å²) in [5.74, 6) is -2.44. The van der Waals surface area contributed by atoms with E-state index in [0.717, 1.165) is 58.7 Å². The van der Waals surface area contributed by atoms with Crippen molar-refractivity contribution in [3.05, 3.63) is 118 Å². The van der Waals surface area contributed by atoms with Gasteiger partial charge in [0.1, 0.15) is 41.2 Å². The molecular formula is C40H41N6NaO13S. The van der Waals surface area contributed by atoms with Crippen molar-refractivity contribution in [1.82, 2.24) is 16.0 Å². The fourth-order valence-corrected chi connectivity index (χ4v) is 7.18. The van der Waals surface area contributed by atoms with Crippen LogP contribution in [0.5, 0.6) is 5.75 Å². The van der Waals surface area contributed by atoms with Gasteiger partial charge in [0.15, 0.2) is 0 Å². The normalized spacial score (nSPS) is 12.7. The monoisotopic (exact) mass is 868 g/mol. The molecular weight excluding hydrogens is 828 g/mol. The van der Waals surface area contributed by atoms with Crippen LogP contribution in [0, 0.1) is 16.0 Å². The Balaban J connectivity index is 0.00000819. The maximum atomic E-state index is 13.7. The molecule has 19 nitrogen and oxygen atoms in total. The molecule has 1 aliphatic rings. The molecule has 0 fully saturated rings. The van der Waals surface area contributed by atoms with E-state index in [9.17, 15) is 47.1 Å². The molecule has 4 aromatic rings. The number of ether oxygens (including phenoxy) is 3. The van der Waals surface area contributed by atoms with Crippen LogP contribution in [0.4, 0.5) is 25.8 Å². The van der Waals surface area contributed by atoms with Crippen LogP contribution in [-0.2, 0) is 35.8 Å². The van der Waals surface area contributed by atoms with Crippen molar-refractivity contribution in [2.75, 3.05) is 18.5 Å². The SMILES string of the molecule is CC(C)[C@H](NC(=O)OCC1c2ccccc2-c2ccccc21)C(=O)N[C@@H](CCCNC(N)=O)C(=O)Nc1ccc(COC(=O)Oc2ccc([N+](=O)[O-])cc2)c(S(=O)(=O)[O-])c1.[Na+]. The second kappa shape index (κ2) is 21.5. The molecule has 61 heavy (non-hydrogen) atoms. The number of carbonyl (C=O) groups excluding carboxylic acids is 5. The molecule has 1 aliphatic carbocycles. The topological polar surface area (TPSA) is 288 Å². The van der Waals surface area contributed by atoms with E-state index in [-0.39, 0.29) is 84.2 Å². The van der Waals surface area contributed by atoms with Gasteiger partial charge < -0.3 is 45.8 Å². The maximum absolute atomic E-state index is 13.7. The predicted molar refractivity (Wildman–Crippen MR) is 213 cm³/mol. The van der Waals surface area contributed by atoms with Gasteiger partial charge in [-0.3, -0.25) is 19.7 Å². The number of anilines is 1. The summed E-state index contributed by atoms with van der Waals surface area (Å²) in [4.78, 5) is 73.3. The number of nitrogens with zero attached hydrogens (tertiary/aromatic N) is 1. The smallest absolute Gasteiger partial charge is 0.744 e. The van der Waals surface area contributed by atoms with Crippen LogP contribution >= 0.6 is 0 Å². The Labute approximate surface area is 372 Å². The zero-order valence-electron chi connectivity index (χ0n) is 33.2. The second-order valence-corrected chi connectivity index (χ2v) is 15.2. The Kier molecular flexibility index (Phi) is 16.7. The van der Waals surface area contributed by atoms with Crippen molar-refractivity contribution in [3.63, 3.8) is 0 Å². The first kappa shape index (κ1) is 47.6. The Morgan fingerprint density at radius 3 is 2.05 bits per heavy atom. The van der Waals surface area contributed by atoms with Crippen LogP contribution in [0.1, 0.15) is 49.3 Å². The third kappa shape index (κ3) is 13.0. The molecule has 4 aromatic carbocycles. The van der Waals surface area contributed by atoms with Gasteiger partial charge in [0.05, 0.1) is 9.82 Å². The van der Waals surface area contributed by atoms with Crippen LogP contribution in [-0.4, -0.2) is 73.2 Å². The number of hydrogen-bond donors (Lipinski definition) is 5. The first-order chi connectivity index (χ1) is 28.5. The number of benzene rings is 4. The third-order valence-electron chi connectivity index (χ3n) is 9.37. The standard InChI is InChI=1S/C40H42N6O13S.Na/c1-23(2)35(45-39(50)57-22-32-30-10-5-3-8-28(30)29-9-4-6-11-31(29)32)37(48)44-33(12-7-19-42-38(41)49)36(47)43-25-14-13-24(34(20-25)60(54,55)56)21-58-40(51)59-27-17-15-26(16-18-27)46(52)53;/h3-6,8-11,13-18,20,23,32-33,35H,7,12,19,21-22H2,1-2H3,(H,43,47)(H,44,48)(H,45,50)(H3,41,42,49)(H,54,55,56);/q;+1/p-1/t33-,35-;/m0./s1. The van der Waals surface area contributed by atoms with Crippen molar-refractivity contribution in [2.24, 2.45) is 11.7 Å². The number of non-ortho nitro benzene ring substituents is 1. The first-order valence-electron chi connectivity index (χ1n) is 18.5. The average Bonchev–Trinajstić information content (AvgIpc) is 3.52. The summed E-state index contributed by atoms with van der Waals surface area (Å²) in [5.41, 5.74) is 8.49. The summed E-state index contributed by atoms with van der Waals surface area (Å²) < 4.78 is 52.2. The molecule has 2 atom stereocenters. The Bertz CT molecular complexity index is 2340. The number of nitro benzene ring substituents is 1. The van der Waals surface area contributed by atoms with E-state index in [1.165, 1.54) is 6.07 Å². The molecule has 0 radical (unpaired) electrons. The van der Waals surface area contributed by atoms with E-state index in [1.54, 1.807) is 13.8 Å². The molecule has 0 saturated carbocycles. The van der Waals surface area contributed by atoms with Crippen molar-refractivity contribution in [3.8, 4) is 16.9 Å². The van der Waals surface area contributed by atoms with Crippen molar-refractivity contribution in [1.29, 1.82) is 0 Å². The summed E-state index contributed by atoms with van der Waals surface area (Å²) in [6.07, 6.45) is -2.11. The van der Waals surface area contributed by atoms with Crippen LogP contribution in [0.2, 0.25) is 0 Å². The molecule has 21 heteroatoms. The number of rotatable bonds is 17.